The number of benzene rings is 1. The third-order valence-electron chi connectivity index (χ3n) is 4.05. The molecule has 21 heavy (non-hydrogen) atoms. The van der Waals surface area contributed by atoms with Gasteiger partial charge in [0.05, 0.1) is 6.61 Å². The van der Waals surface area contributed by atoms with Crippen LogP contribution in [-0.4, -0.2) is 42.2 Å². The smallest absolute Gasteiger partial charge is 0.222 e. The molecule has 4 nitrogen and oxygen atoms in total. The van der Waals surface area contributed by atoms with Crippen LogP contribution in [0.2, 0.25) is 0 Å². The Labute approximate surface area is 126 Å². The van der Waals surface area contributed by atoms with Crippen molar-refractivity contribution in [3.63, 3.8) is 0 Å². The molecule has 1 heterocycles. The molecule has 0 radical (unpaired) electrons. The fraction of sp³-hybridized carbons (Fsp3) is 0.588. The molecule has 0 aliphatic carbocycles. The molecular formula is C17H25NO3. The Morgan fingerprint density at radius 2 is 1.95 bits per heavy atom. The predicted octanol–water partition coefficient (Wildman–Crippen LogP) is 2.38. The van der Waals surface area contributed by atoms with Gasteiger partial charge in [-0.2, -0.15) is 0 Å². The second-order valence-corrected chi connectivity index (χ2v) is 5.77. The van der Waals surface area contributed by atoms with E-state index in [1.807, 2.05) is 36.1 Å². The number of carbonyl (C=O) groups excluding carboxylic acids is 1. The van der Waals surface area contributed by atoms with Crippen LogP contribution in [0.5, 0.6) is 5.75 Å². The number of amides is 1. The van der Waals surface area contributed by atoms with Crippen molar-refractivity contribution < 1.29 is 14.6 Å². The summed E-state index contributed by atoms with van der Waals surface area (Å²) >= 11 is 0. The highest BCUT2D eigenvalue weighted by Gasteiger charge is 2.21. The average Bonchev–Trinajstić information content (AvgIpc) is 2.53. The second-order valence-electron chi connectivity index (χ2n) is 5.77. The summed E-state index contributed by atoms with van der Waals surface area (Å²) in [7, 11) is 0. The highest BCUT2D eigenvalue weighted by Crippen LogP contribution is 2.17. The van der Waals surface area contributed by atoms with Gasteiger partial charge in [-0.15, -0.1) is 0 Å². The van der Waals surface area contributed by atoms with Crippen molar-refractivity contribution in [1.82, 2.24) is 4.90 Å². The molecule has 1 N–H and O–H groups in total. The third-order valence-corrected chi connectivity index (χ3v) is 4.05. The molecule has 0 unspecified atom stereocenters. The molecule has 1 aliphatic heterocycles. The molecule has 1 amide bonds. The molecular weight excluding hydrogens is 266 g/mol. The quantitative estimate of drug-likeness (QED) is 0.819. The minimum absolute atomic E-state index is 0.207. The van der Waals surface area contributed by atoms with E-state index in [0.29, 0.717) is 18.9 Å². The van der Waals surface area contributed by atoms with Crippen LogP contribution in [0.25, 0.3) is 0 Å². The number of piperidine rings is 1. The van der Waals surface area contributed by atoms with Crippen molar-refractivity contribution >= 4 is 5.91 Å². The zero-order chi connectivity index (χ0) is 15.1. The number of carbonyl (C=O) groups is 1. The van der Waals surface area contributed by atoms with E-state index in [2.05, 4.69) is 0 Å². The number of nitrogens with zero attached hydrogens (tertiary/aromatic N) is 1. The standard InChI is InChI=1S/C17H25NO3/c1-14-4-6-16(7-5-14)21-12-2-3-17(20)18-10-8-15(13-19)9-11-18/h4-7,15,19H,2-3,8-13H2,1H3. The summed E-state index contributed by atoms with van der Waals surface area (Å²) in [6.07, 6.45) is 3.12. The van der Waals surface area contributed by atoms with Crippen molar-refractivity contribution in [2.75, 3.05) is 26.3 Å². The number of hydrogen-bond donors (Lipinski definition) is 1. The largest absolute Gasteiger partial charge is 0.494 e. The van der Waals surface area contributed by atoms with Crippen LogP contribution in [-0.2, 0) is 4.79 Å². The maximum atomic E-state index is 12.1. The zero-order valence-electron chi connectivity index (χ0n) is 12.8. The molecule has 0 bridgehead atoms. The molecule has 0 atom stereocenters. The Balaban J connectivity index is 1.62. The minimum Gasteiger partial charge on any atom is -0.494 e. The lowest BCUT2D eigenvalue weighted by molar-refractivity contribution is -0.133. The van der Waals surface area contributed by atoms with E-state index >= 15 is 0 Å². The summed E-state index contributed by atoms with van der Waals surface area (Å²) in [6, 6.07) is 7.95. The van der Waals surface area contributed by atoms with Crippen LogP contribution in [0.4, 0.5) is 0 Å². The Kier molecular flexibility index (Phi) is 6.05. The Bertz CT molecular complexity index is 436. The second kappa shape index (κ2) is 8.03. The van der Waals surface area contributed by atoms with Gasteiger partial charge in [-0.1, -0.05) is 17.7 Å². The SMILES string of the molecule is Cc1ccc(OCCCC(=O)N2CCC(CO)CC2)cc1. The van der Waals surface area contributed by atoms with Crippen molar-refractivity contribution in [2.45, 2.75) is 32.6 Å². The lowest BCUT2D eigenvalue weighted by Gasteiger charge is -2.31. The lowest BCUT2D eigenvalue weighted by Crippen LogP contribution is -2.39. The highest BCUT2D eigenvalue weighted by atomic mass is 16.5. The van der Waals surface area contributed by atoms with Gasteiger partial charge in [0.25, 0.3) is 0 Å². The lowest BCUT2D eigenvalue weighted by atomic mass is 9.97. The van der Waals surface area contributed by atoms with Gasteiger partial charge < -0.3 is 14.7 Å². The molecule has 1 fully saturated rings. The molecule has 1 aromatic carbocycles. The number of likely N-dealkylation sites (tertiary alicyclic amines) is 1. The number of hydrogen-bond acceptors (Lipinski definition) is 3. The predicted molar refractivity (Wildman–Crippen MR) is 82.3 cm³/mol. The summed E-state index contributed by atoms with van der Waals surface area (Å²) in [5, 5.41) is 9.09. The van der Waals surface area contributed by atoms with E-state index in [0.717, 1.165) is 38.1 Å². The number of aliphatic hydroxyl groups excluding tert-OH is 1. The number of aryl methyl sites for hydroxylation is 1. The molecule has 2 rings (SSSR count). The molecule has 0 aromatic heterocycles. The average molecular weight is 291 g/mol. The normalized spacial score (nSPS) is 16.0. The molecule has 1 saturated heterocycles. The number of ether oxygens (including phenoxy) is 1. The van der Waals surface area contributed by atoms with Crippen molar-refractivity contribution in [2.24, 2.45) is 5.92 Å². The monoisotopic (exact) mass is 291 g/mol. The summed E-state index contributed by atoms with van der Waals surface area (Å²) in [6.45, 7) is 4.42. The maximum Gasteiger partial charge on any atom is 0.222 e. The Morgan fingerprint density at radius 1 is 1.29 bits per heavy atom. The summed E-state index contributed by atoms with van der Waals surface area (Å²) in [4.78, 5) is 14.0. The minimum atomic E-state index is 0.207. The summed E-state index contributed by atoms with van der Waals surface area (Å²) in [5.41, 5.74) is 1.21. The first-order valence-corrected chi connectivity index (χ1v) is 7.77. The van der Waals surface area contributed by atoms with E-state index in [9.17, 15) is 4.79 Å². The molecule has 0 saturated carbocycles. The van der Waals surface area contributed by atoms with Gasteiger partial charge >= 0.3 is 0 Å². The van der Waals surface area contributed by atoms with Crippen LogP contribution in [0.15, 0.2) is 24.3 Å². The van der Waals surface area contributed by atoms with Crippen LogP contribution >= 0.6 is 0 Å². The first kappa shape index (κ1) is 15.8. The highest BCUT2D eigenvalue weighted by molar-refractivity contribution is 5.76. The summed E-state index contributed by atoms with van der Waals surface area (Å²) in [5.74, 6) is 1.44. The van der Waals surface area contributed by atoms with Crippen LogP contribution < -0.4 is 4.74 Å². The topological polar surface area (TPSA) is 49.8 Å². The molecule has 4 heteroatoms. The van der Waals surface area contributed by atoms with E-state index in [-0.39, 0.29) is 12.5 Å². The fourth-order valence-corrected chi connectivity index (χ4v) is 2.57. The van der Waals surface area contributed by atoms with Crippen molar-refractivity contribution in [1.29, 1.82) is 0 Å². The first-order valence-electron chi connectivity index (χ1n) is 7.77. The molecule has 1 aliphatic rings. The van der Waals surface area contributed by atoms with E-state index < -0.39 is 0 Å². The van der Waals surface area contributed by atoms with Crippen LogP contribution in [0.3, 0.4) is 0 Å². The van der Waals surface area contributed by atoms with E-state index in [1.54, 1.807) is 0 Å². The van der Waals surface area contributed by atoms with Gasteiger partial charge in [-0.25, -0.2) is 0 Å². The summed E-state index contributed by atoms with van der Waals surface area (Å²) < 4.78 is 5.63. The van der Waals surface area contributed by atoms with Crippen molar-refractivity contribution in [3.05, 3.63) is 29.8 Å². The number of rotatable bonds is 6. The Hall–Kier alpha value is -1.55. The van der Waals surface area contributed by atoms with Gasteiger partial charge in [-0.3, -0.25) is 4.79 Å². The maximum absolute atomic E-state index is 12.1. The first-order chi connectivity index (χ1) is 10.2. The van der Waals surface area contributed by atoms with Gasteiger partial charge in [-0.05, 0) is 44.2 Å². The van der Waals surface area contributed by atoms with Crippen molar-refractivity contribution in [3.8, 4) is 5.75 Å². The van der Waals surface area contributed by atoms with Crippen LogP contribution in [0, 0.1) is 12.8 Å². The van der Waals surface area contributed by atoms with E-state index in [1.165, 1.54) is 5.56 Å². The zero-order valence-corrected chi connectivity index (χ0v) is 12.8. The fourth-order valence-electron chi connectivity index (χ4n) is 2.57. The van der Waals surface area contributed by atoms with Gasteiger partial charge in [0, 0.05) is 26.1 Å². The molecule has 1 aromatic rings. The molecule has 116 valence electrons. The molecule has 0 spiro atoms. The Morgan fingerprint density at radius 3 is 2.57 bits per heavy atom. The number of aliphatic hydroxyl groups is 1. The third kappa shape index (κ3) is 5.05. The van der Waals surface area contributed by atoms with Gasteiger partial charge in [0.15, 0.2) is 0 Å². The van der Waals surface area contributed by atoms with Gasteiger partial charge in [0.2, 0.25) is 5.91 Å². The van der Waals surface area contributed by atoms with Gasteiger partial charge in [0.1, 0.15) is 5.75 Å². The van der Waals surface area contributed by atoms with E-state index in [4.69, 9.17) is 9.84 Å². The van der Waals surface area contributed by atoms with Crippen LogP contribution in [0.1, 0.15) is 31.2 Å².